The van der Waals surface area contributed by atoms with Crippen LogP contribution < -0.4 is 5.32 Å². The van der Waals surface area contributed by atoms with E-state index in [-0.39, 0.29) is 6.04 Å². The zero-order valence-electron chi connectivity index (χ0n) is 11.7. The molecule has 0 saturated carbocycles. The third-order valence-electron chi connectivity index (χ3n) is 3.63. The van der Waals surface area contributed by atoms with Gasteiger partial charge in [-0.1, -0.05) is 6.07 Å². The van der Waals surface area contributed by atoms with Crippen molar-refractivity contribution in [3.63, 3.8) is 0 Å². The largest absolute Gasteiger partial charge is 0.363 e. The minimum atomic E-state index is 0.262. The highest BCUT2D eigenvalue weighted by Gasteiger charge is 2.16. The fourth-order valence-corrected chi connectivity index (χ4v) is 3.67. The van der Waals surface area contributed by atoms with Crippen molar-refractivity contribution in [1.29, 1.82) is 0 Å². The number of hydrogen-bond acceptors (Lipinski definition) is 4. The maximum Gasteiger partial charge on any atom is 0.126 e. The predicted molar refractivity (Wildman–Crippen MR) is 79.9 cm³/mol. The molecule has 2 heterocycles. The van der Waals surface area contributed by atoms with Gasteiger partial charge in [0.15, 0.2) is 0 Å². The van der Waals surface area contributed by atoms with Gasteiger partial charge in [-0.3, -0.25) is 0 Å². The van der Waals surface area contributed by atoms with E-state index in [1.807, 2.05) is 0 Å². The lowest BCUT2D eigenvalue weighted by molar-refractivity contribution is 0.870. The van der Waals surface area contributed by atoms with E-state index >= 15 is 0 Å². The van der Waals surface area contributed by atoms with Crippen LogP contribution in [0.25, 0.3) is 0 Å². The number of thiazole rings is 1. The summed E-state index contributed by atoms with van der Waals surface area (Å²) in [7, 11) is 0. The van der Waals surface area contributed by atoms with Gasteiger partial charge in [0.1, 0.15) is 5.82 Å². The molecule has 1 aliphatic rings. The normalized spacial score (nSPS) is 15.3. The van der Waals surface area contributed by atoms with Crippen molar-refractivity contribution in [3.05, 3.63) is 39.0 Å². The molecule has 0 amide bonds. The average Bonchev–Trinajstić information content (AvgIpc) is 2.94. The number of nitrogens with zero attached hydrogens (tertiary/aromatic N) is 2. The fourth-order valence-electron chi connectivity index (χ4n) is 2.74. The summed E-state index contributed by atoms with van der Waals surface area (Å²) >= 11 is 1.77. The topological polar surface area (TPSA) is 37.8 Å². The third-order valence-corrected chi connectivity index (χ3v) is 4.88. The number of nitrogens with one attached hydrogen (secondary N) is 1. The fraction of sp³-hybridized carbons (Fsp3) is 0.467. The molecule has 0 bridgehead atoms. The Bertz CT molecular complexity index is 603. The van der Waals surface area contributed by atoms with Gasteiger partial charge in [-0.15, -0.1) is 11.3 Å². The van der Waals surface area contributed by atoms with Crippen LogP contribution in [0.4, 0.5) is 5.82 Å². The maximum absolute atomic E-state index is 4.73. The Kier molecular flexibility index (Phi) is 3.27. The summed E-state index contributed by atoms with van der Waals surface area (Å²) in [6, 6.07) is 4.58. The van der Waals surface area contributed by atoms with Gasteiger partial charge in [0.05, 0.1) is 16.7 Å². The quantitative estimate of drug-likeness (QED) is 0.924. The Hall–Kier alpha value is -1.42. The summed E-state index contributed by atoms with van der Waals surface area (Å²) in [5.41, 5.74) is 3.82. The predicted octanol–water partition coefficient (Wildman–Crippen LogP) is 3.82. The number of anilines is 1. The minimum absolute atomic E-state index is 0.262. The zero-order valence-corrected chi connectivity index (χ0v) is 12.5. The van der Waals surface area contributed by atoms with Crippen molar-refractivity contribution < 1.29 is 0 Å². The number of fused-ring (bicyclic) bond motifs is 1. The highest BCUT2D eigenvalue weighted by molar-refractivity contribution is 7.11. The maximum atomic E-state index is 4.73. The first-order valence-electron chi connectivity index (χ1n) is 6.83. The van der Waals surface area contributed by atoms with Crippen LogP contribution in [0.15, 0.2) is 12.1 Å². The lowest BCUT2D eigenvalue weighted by Gasteiger charge is -2.14. The first kappa shape index (κ1) is 12.6. The van der Waals surface area contributed by atoms with Gasteiger partial charge in [0, 0.05) is 10.6 Å². The molecule has 0 radical (unpaired) electrons. The summed E-state index contributed by atoms with van der Waals surface area (Å²) in [6.07, 6.45) is 3.55. The molecule has 19 heavy (non-hydrogen) atoms. The molecule has 4 heteroatoms. The molecule has 0 aliphatic heterocycles. The first-order valence-corrected chi connectivity index (χ1v) is 7.64. The summed E-state index contributed by atoms with van der Waals surface area (Å²) in [5, 5.41) is 4.63. The van der Waals surface area contributed by atoms with Crippen LogP contribution >= 0.6 is 11.3 Å². The van der Waals surface area contributed by atoms with Crippen LogP contribution in [0.5, 0.6) is 0 Å². The van der Waals surface area contributed by atoms with Gasteiger partial charge in [-0.2, -0.15) is 0 Å². The summed E-state index contributed by atoms with van der Waals surface area (Å²) in [5.74, 6) is 0.985. The first-order chi connectivity index (χ1) is 9.13. The van der Waals surface area contributed by atoms with Gasteiger partial charge in [0.25, 0.3) is 0 Å². The number of pyridine rings is 1. The van der Waals surface area contributed by atoms with E-state index in [0.717, 1.165) is 22.9 Å². The Morgan fingerprint density at radius 2 is 2.05 bits per heavy atom. The molecule has 0 saturated heterocycles. The monoisotopic (exact) mass is 273 g/mol. The number of aryl methyl sites for hydroxylation is 4. The van der Waals surface area contributed by atoms with Crippen molar-refractivity contribution >= 4 is 17.2 Å². The van der Waals surface area contributed by atoms with E-state index in [2.05, 4.69) is 43.2 Å². The molecule has 0 aromatic carbocycles. The number of hydrogen-bond donors (Lipinski definition) is 1. The van der Waals surface area contributed by atoms with Crippen LogP contribution in [-0.2, 0) is 12.8 Å². The van der Waals surface area contributed by atoms with E-state index in [0.29, 0.717) is 0 Å². The molecular weight excluding hydrogens is 254 g/mol. The van der Waals surface area contributed by atoms with Crippen molar-refractivity contribution in [2.45, 2.75) is 46.1 Å². The minimum Gasteiger partial charge on any atom is -0.363 e. The Balaban J connectivity index is 1.79. The van der Waals surface area contributed by atoms with Crippen molar-refractivity contribution in [2.75, 3.05) is 5.32 Å². The van der Waals surface area contributed by atoms with Crippen molar-refractivity contribution in [1.82, 2.24) is 9.97 Å². The molecule has 1 atom stereocenters. The Labute approximate surface area is 118 Å². The molecule has 3 nitrogen and oxygen atoms in total. The summed E-state index contributed by atoms with van der Waals surface area (Å²) < 4.78 is 0. The third kappa shape index (κ3) is 2.50. The smallest absolute Gasteiger partial charge is 0.126 e. The molecule has 2 aromatic rings. The zero-order chi connectivity index (χ0) is 13.4. The van der Waals surface area contributed by atoms with E-state index in [1.54, 1.807) is 11.3 Å². The van der Waals surface area contributed by atoms with Crippen molar-refractivity contribution in [2.24, 2.45) is 0 Å². The molecule has 1 N–H and O–H groups in total. The highest BCUT2D eigenvalue weighted by atomic mass is 32.1. The molecule has 0 spiro atoms. The lowest BCUT2D eigenvalue weighted by atomic mass is 10.2. The number of aromatic nitrogens is 2. The second kappa shape index (κ2) is 4.93. The van der Waals surface area contributed by atoms with E-state index in [9.17, 15) is 0 Å². The summed E-state index contributed by atoms with van der Waals surface area (Å²) in [4.78, 5) is 10.5. The SMILES string of the molecule is Cc1nc(C)c(C(C)Nc2ccc3c(n2)CCC3)s1. The molecule has 100 valence electrons. The Morgan fingerprint density at radius 1 is 1.21 bits per heavy atom. The lowest BCUT2D eigenvalue weighted by Crippen LogP contribution is -2.08. The number of rotatable bonds is 3. The average molecular weight is 273 g/mol. The molecular formula is C15H19N3S. The summed E-state index contributed by atoms with van der Waals surface area (Å²) in [6.45, 7) is 6.31. The van der Waals surface area contributed by atoms with Crippen LogP contribution in [0.1, 0.15) is 46.2 Å². The van der Waals surface area contributed by atoms with Gasteiger partial charge in [-0.05, 0) is 51.7 Å². The van der Waals surface area contributed by atoms with Crippen LogP contribution in [-0.4, -0.2) is 9.97 Å². The molecule has 0 fully saturated rings. The van der Waals surface area contributed by atoms with Crippen LogP contribution in [0.2, 0.25) is 0 Å². The van der Waals surface area contributed by atoms with Crippen LogP contribution in [0, 0.1) is 13.8 Å². The second-order valence-electron chi connectivity index (χ2n) is 5.20. The highest BCUT2D eigenvalue weighted by Crippen LogP contribution is 2.28. The van der Waals surface area contributed by atoms with Crippen LogP contribution in [0.3, 0.4) is 0 Å². The van der Waals surface area contributed by atoms with E-state index in [4.69, 9.17) is 4.98 Å². The van der Waals surface area contributed by atoms with Gasteiger partial charge in [0.2, 0.25) is 0 Å². The second-order valence-corrected chi connectivity index (χ2v) is 6.44. The Morgan fingerprint density at radius 3 is 2.79 bits per heavy atom. The van der Waals surface area contributed by atoms with Gasteiger partial charge < -0.3 is 5.32 Å². The molecule has 1 unspecified atom stereocenters. The van der Waals surface area contributed by atoms with E-state index < -0.39 is 0 Å². The van der Waals surface area contributed by atoms with Gasteiger partial charge >= 0.3 is 0 Å². The van der Waals surface area contributed by atoms with Gasteiger partial charge in [-0.25, -0.2) is 9.97 Å². The molecule has 1 aliphatic carbocycles. The standard InChI is InChI=1S/C15H19N3S/c1-9-15(19-11(3)16-9)10(2)17-14-8-7-12-5-4-6-13(12)18-14/h7-8,10H,4-6H2,1-3H3,(H,17,18). The van der Waals surface area contributed by atoms with Crippen molar-refractivity contribution in [3.8, 4) is 0 Å². The molecule has 3 rings (SSSR count). The van der Waals surface area contributed by atoms with E-state index in [1.165, 1.54) is 29.0 Å². The molecule has 2 aromatic heterocycles.